The van der Waals surface area contributed by atoms with Crippen molar-refractivity contribution in [2.24, 2.45) is 0 Å². The molecule has 5 rings (SSSR count). The third-order valence-electron chi connectivity index (χ3n) is 7.69. The van der Waals surface area contributed by atoms with Crippen LogP contribution in [0.25, 0.3) is 22.3 Å². The highest BCUT2D eigenvalue weighted by molar-refractivity contribution is 5.79. The van der Waals surface area contributed by atoms with Crippen LogP contribution in [-0.2, 0) is 0 Å². The number of aromatic nitrogens is 4. The van der Waals surface area contributed by atoms with Gasteiger partial charge >= 0.3 is 0 Å². The molecule has 1 N–H and O–H groups in total. The highest BCUT2D eigenvalue weighted by Gasteiger charge is 2.24. The van der Waals surface area contributed by atoms with Crippen molar-refractivity contribution in [3.8, 4) is 28.4 Å². The van der Waals surface area contributed by atoms with E-state index >= 15 is 0 Å². The highest BCUT2D eigenvalue weighted by Crippen LogP contribution is 2.33. The fourth-order valence-corrected chi connectivity index (χ4v) is 5.34. The topological polar surface area (TPSA) is 104 Å². The van der Waals surface area contributed by atoms with Crippen molar-refractivity contribution >= 4 is 22.8 Å². The number of anilines is 2. The normalized spacial score (nSPS) is 13.6. The van der Waals surface area contributed by atoms with Crippen molar-refractivity contribution < 1.29 is 14.2 Å². The Morgan fingerprint density at radius 1 is 0.927 bits per heavy atom. The van der Waals surface area contributed by atoms with E-state index in [1.807, 2.05) is 36.4 Å². The molecule has 0 amide bonds. The molecule has 0 aliphatic heterocycles. The first-order chi connectivity index (χ1) is 20.0. The minimum atomic E-state index is -0.114. The van der Waals surface area contributed by atoms with E-state index in [0.717, 1.165) is 56.8 Å². The summed E-state index contributed by atoms with van der Waals surface area (Å²) in [6, 6.07) is 14.9. The molecule has 0 atom stereocenters. The fourth-order valence-electron chi connectivity index (χ4n) is 5.34. The van der Waals surface area contributed by atoms with Gasteiger partial charge in [-0.05, 0) is 74.0 Å². The van der Waals surface area contributed by atoms with Gasteiger partial charge in [-0.3, -0.25) is 9.36 Å². The van der Waals surface area contributed by atoms with E-state index in [0.29, 0.717) is 46.3 Å². The third kappa shape index (κ3) is 6.43. The average Bonchev–Trinajstić information content (AvgIpc) is 3.54. The lowest BCUT2D eigenvalue weighted by Crippen LogP contribution is -2.27. The predicted molar refractivity (Wildman–Crippen MR) is 161 cm³/mol. The summed E-state index contributed by atoms with van der Waals surface area (Å²) in [5, 5.41) is 12.1. The minimum absolute atomic E-state index is 0.0507. The number of ether oxygens (including phenoxy) is 3. The molecule has 2 aromatic heterocycles. The monoisotopic (exact) mass is 558 g/mol. The van der Waals surface area contributed by atoms with Crippen LogP contribution in [-0.4, -0.2) is 65.1 Å². The van der Waals surface area contributed by atoms with Gasteiger partial charge in [-0.25, -0.2) is 0 Å². The summed E-state index contributed by atoms with van der Waals surface area (Å²) < 4.78 is 18.6. The predicted octanol–water partition coefficient (Wildman–Crippen LogP) is 5.45. The first kappa shape index (κ1) is 28.4. The summed E-state index contributed by atoms with van der Waals surface area (Å²) in [6.45, 7) is 7.84. The van der Waals surface area contributed by atoms with Crippen LogP contribution < -0.4 is 25.1 Å². The number of pyridine rings is 1. The molecule has 4 aromatic rings. The van der Waals surface area contributed by atoms with Crippen LogP contribution in [0.4, 0.5) is 11.6 Å². The number of rotatable bonds is 12. The molecule has 0 radical (unpaired) electrons. The summed E-state index contributed by atoms with van der Waals surface area (Å²) in [5.41, 5.74) is 2.97. The Labute approximate surface area is 240 Å². The van der Waals surface area contributed by atoms with E-state index < -0.39 is 0 Å². The standard InChI is InChI=1S/C31H38N6O4/c1-5-36(6-2)15-16-41-24-13-11-22(12-14-24)32-31-33-29-28(34-35-31)20-27(30(38)37(29)23-9-7-8-10-23)21-17-25(39-3)19-26(18-21)40-4/h11-14,17-20,23H,5-10,15-16H2,1-4H3,(H,32,33,35). The molecule has 1 aliphatic rings. The van der Waals surface area contributed by atoms with Crippen LogP contribution >= 0.6 is 0 Å². The van der Waals surface area contributed by atoms with Gasteiger partial charge in [0.1, 0.15) is 29.4 Å². The van der Waals surface area contributed by atoms with Crippen molar-refractivity contribution in [2.75, 3.05) is 45.8 Å². The second-order valence-corrected chi connectivity index (χ2v) is 10.1. The lowest BCUT2D eigenvalue weighted by molar-refractivity contribution is 0.223. The number of nitrogens with zero attached hydrogens (tertiary/aromatic N) is 5. The first-order valence-electron chi connectivity index (χ1n) is 14.3. The number of likely N-dealkylation sites (N-methyl/N-ethyl adjacent to an activating group) is 1. The van der Waals surface area contributed by atoms with Crippen LogP contribution in [0.3, 0.4) is 0 Å². The van der Waals surface area contributed by atoms with Gasteiger partial charge in [0.15, 0.2) is 5.65 Å². The summed E-state index contributed by atoms with van der Waals surface area (Å²) in [7, 11) is 3.18. The van der Waals surface area contributed by atoms with Crippen molar-refractivity contribution in [2.45, 2.75) is 45.6 Å². The molecule has 0 spiro atoms. The second-order valence-electron chi connectivity index (χ2n) is 10.1. The maximum absolute atomic E-state index is 14.0. The Morgan fingerprint density at radius 2 is 1.61 bits per heavy atom. The lowest BCUT2D eigenvalue weighted by atomic mass is 10.1. The van der Waals surface area contributed by atoms with Gasteiger partial charge < -0.3 is 24.4 Å². The summed E-state index contributed by atoms with van der Waals surface area (Å²) in [4.78, 5) is 21.1. The van der Waals surface area contributed by atoms with Crippen LogP contribution in [0, 0.1) is 0 Å². The SMILES string of the molecule is CCN(CC)CCOc1ccc(Nc2nnc3cc(-c4cc(OC)cc(OC)c4)c(=O)n(C4CCCC4)c3n2)cc1. The first-order valence-corrected chi connectivity index (χ1v) is 14.3. The molecule has 10 nitrogen and oxygen atoms in total. The van der Waals surface area contributed by atoms with Crippen LogP contribution in [0.2, 0.25) is 0 Å². The molecular formula is C31H38N6O4. The molecular weight excluding hydrogens is 520 g/mol. The van der Waals surface area contributed by atoms with E-state index in [4.69, 9.17) is 19.2 Å². The van der Waals surface area contributed by atoms with E-state index in [2.05, 4.69) is 34.3 Å². The van der Waals surface area contributed by atoms with Crippen LogP contribution in [0.5, 0.6) is 17.2 Å². The zero-order valence-corrected chi connectivity index (χ0v) is 24.2. The zero-order chi connectivity index (χ0) is 28.8. The Bertz CT molecular complexity index is 1510. The van der Waals surface area contributed by atoms with E-state index in [1.165, 1.54) is 0 Å². The van der Waals surface area contributed by atoms with Crippen LogP contribution in [0.15, 0.2) is 53.3 Å². The molecule has 41 heavy (non-hydrogen) atoms. The molecule has 1 saturated carbocycles. The van der Waals surface area contributed by atoms with Gasteiger partial charge in [-0.15, -0.1) is 10.2 Å². The molecule has 1 aliphatic carbocycles. The molecule has 10 heteroatoms. The fraction of sp³-hybridized carbons (Fsp3) is 0.419. The van der Waals surface area contributed by atoms with E-state index in [1.54, 1.807) is 30.9 Å². The number of benzene rings is 2. The molecule has 1 fully saturated rings. The third-order valence-corrected chi connectivity index (χ3v) is 7.69. The van der Waals surface area contributed by atoms with Gasteiger partial charge in [-0.2, -0.15) is 4.98 Å². The summed E-state index contributed by atoms with van der Waals surface area (Å²) in [6.07, 6.45) is 3.98. The van der Waals surface area contributed by atoms with Gasteiger partial charge in [0, 0.05) is 29.9 Å². The molecule has 2 heterocycles. The van der Waals surface area contributed by atoms with Gasteiger partial charge in [-0.1, -0.05) is 26.7 Å². The average molecular weight is 559 g/mol. The Kier molecular flexibility index (Phi) is 8.98. The minimum Gasteiger partial charge on any atom is -0.497 e. The Balaban J connectivity index is 1.44. The maximum atomic E-state index is 14.0. The Morgan fingerprint density at radius 3 is 2.24 bits per heavy atom. The Hall–Kier alpha value is -4.18. The van der Waals surface area contributed by atoms with Gasteiger partial charge in [0.25, 0.3) is 5.56 Å². The lowest BCUT2D eigenvalue weighted by Gasteiger charge is -2.18. The largest absolute Gasteiger partial charge is 0.497 e. The molecule has 0 saturated heterocycles. The number of fused-ring (bicyclic) bond motifs is 1. The highest BCUT2D eigenvalue weighted by atomic mass is 16.5. The maximum Gasteiger partial charge on any atom is 0.260 e. The molecule has 216 valence electrons. The van der Waals surface area contributed by atoms with Crippen molar-refractivity contribution in [3.63, 3.8) is 0 Å². The van der Waals surface area contributed by atoms with Crippen LogP contribution in [0.1, 0.15) is 45.6 Å². The number of hydrogen-bond acceptors (Lipinski definition) is 9. The molecule has 0 unspecified atom stereocenters. The smallest absolute Gasteiger partial charge is 0.260 e. The van der Waals surface area contributed by atoms with E-state index in [9.17, 15) is 4.79 Å². The quantitative estimate of drug-likeness (QED) is 0.243. The summed E-state index contributed by atoms with van der Waals surface area (Å²) in [5.74, 6) is 2.34. The van der Waals surface area contributed by atoms with E-state index in [-0.39, 0.29) is 11.6 Å². The van der Waals surface area contributed by atoms with Crippen molar-refractivity contribution in [1.82, 2.24) is 24.6 Å². The summed E-state index contributed by atoms with van der Waals surface area (Å²) >= 11 is 0. The van der Waals surface area contributed by atoms with Crippen molar-refractivity contribution in [3.05, 3.63) is 58.9 Å². The second kappa shape index (κ2) is 13.0. The number of methoxy groups -OCH3 is 2. The molecule has 0 bridgehead atoms. The zero-order valence-electron chi connectivity index (χ0n) is 24.2. The number of nitrogens with one attached hydrogen (secondary N) is 1. The van der Waals surface area contributed by atoms with Crippen molar-refractivity contribution in [1.29, 1.82) is 0 Å². The van der Waals surface area contributed by atoms with Gasteiger partial charge in [0.05, 0.1) is 14.2 Å². The number of hydrogen-bond donors (Lipinski definition) is 1. The molecule has 2 aromatic carbocycles. The van der Waals surface area contributed by atoms with Gasteiger partial charge in [0.2, 0.25) is 5.95 Å².